The van der Waals surface area contributed by atoms with Crippen LogP contribution in [-0.2, 0) is 16.6 Å². The van der Waals surface area contributed by atoms with Crippen LogP contribution in [0.5, 0.6) is 5.75 Å². The van der Waals surface area contributed by atoms with Gasteiger partial charge in [0.1, 0.15) is 11.6 Å². The molecule has 3 aromatic rings. The number of ether oxygens (including phenoxy) is 1. The average molecular weight is 467 g/mol. The van der Waals surface area contributed by atoms with Crippen LogP contribution >= 0.6 is 0 Å². The van der Waals surface area contributed by atoms with Crippen molar-refractivity contribution in [2.45, 2.75) is 37.2 Å². The molecule has 1 heterocycles. The number of rotatable bonds is 10. The number of sulfonamides is 1. The van der Waals surface area contributed by atoms with Gasteiger partial charge in [0.2, 0.25) is 10.0 Å². The molecule has 0 saturated heterocycles. The van der Waals surface area contributed by atoms with E-state index < -0.39 is 10.0 Å². The molecule has 1 aromatic heterocycles. The van der Waals surface area contributed by atoms with Gasteiger partial charge in [-0.15, -0.1) is 0 Å². The van der Waals surface area contributed by atoms with E-state index in [0.29, 0.717) is 18.0 Å². The predicted octanol–water partition coefficient (Wildman–Crippen LogP) is 3.59. The van der Waals surface area contributed by atoms with Crippen molar-refractivity contribution in [1.29, 1.82) is 0 Å². The normalized spacial score (nSPS) is 13.4. The van der Waals surface area contributed by atoms with Crippen molar-refractivity contribution < 1.29 is 17.9 Å². The van der Waals surface area contributed by atoms with E-state index in [0.717, 1.165) is 29.8 Å². The number of nitrogens with zero attached hydrogens (tertiary/aromatic N) is 1. The number of carbonyl (C=O) groups excluding carboxylic acids is 1. The minimum absolute atomic E-state index is 0.0545. The second-order valence-electron chi connectivity index (χ2n) is 7.70. The van der Waals surface area contributed by atoms with Gasteiger partial charge in [0.15, 0.2) is 0 Å². The highest BCUT2D eigenvalue weighted by Crippen LogP contribution is 2.23. The number of amides is 1. The zero-order chi connectivity index (χ0) is 23.3. The number of hydrogen-bond donors (Lipinski definition) is 3. The number of benzene rings is 2. The molecule has 9 heteroatoms. The van der Waals surface area contributed by atoms with Crippen molar-refractivity contribution in [3.63, 3.8) is 0 Å². The molecule has 1 aliphatic rings. The highest BCUT2D eigenvalue weighted by molar-refractivity contribution is 7.89. The van der Waals surface area contributed by atoms with Gasteiger partial charge in [0.25, 0.3) is 5.91 Å². The number of anilines is 2. The summed E-state index contributed by atoms with van der Waals surface area (Å²) in [7, 11) is -3.49. The third kappa shape index (κ3) is 6.09. The quantitative estimate of drug-likeness (QED) is 0.421. The first kappa shape index (κ1) is 22.8. The highest BCUT2D eigenvalue weighted by Gasteiger charge is 2.27. The Morgan fingerprint density at radius 1 is 1.06 bits per heavy atom. The molecular weight excluding hydrogens is 440 g/mol. The summed E-state index contributed by atoms with van der Waals surface area (Å²) in [6.07, 6.45) is 3.38. The van der Waals surface area contributed by atoms with Gasteiger partial charge in [0.05, 0.1) is 17.1 Å². The maximum Gasteiger partial charge on any atom is 0.255 e. The molecule has 3 N–H and O–H groups in total. The molecule has 0 radical (unpaired) electrons. The molecule has 1 aliphatic carbocycles. The van der Waals surface area contributed by atoms with Crippen molar-refractivity contribution >= 4 is 27.4 Å². The molecule has 0 aliphatic heterocycles. The van der Waals surface area contributed by atoms with Crippen molar-refractivity contribution in [2.75, 3.05) is 11.9 Å². The van der Waals surface area contributed by atoms with Crippen LogP contribution in [0.4, 0.5) is 11.5 Å². The van der Waals surface area contributed by atoms with Gasteiger partial charge in [-0.2, -0.15) is 0 Å². The third-order valence-corrected chi connectivity index (χ3v) is 6.60. The van der Waals surface area contributed by atoms with E-state index in [-0.39, 0.29) is 23.4 Å². The lowest BCUT2D eigenvalue weighted by Gasteiger charge is -2.12. The van der Waals surface area contributed by atoms with Gasteiger partial charge in [-0.05, 0) is 73.9 Å². The second kappa shape index (κ2) is 10.0. The summed E-state index contributed by atoms with van der Waals surface area (Å²) in [4.78, 5) is 17.3. The van der Waals surface area contributed by atoms with Crippen LogP contribution in [0.25, 0.3) is 0 Å². The minimum Gasteiger partial charge on any atom is -0.494 e. The first-order valence-electron chi connectivity index (χ1n) is 10.8. The summed E-state index contributed by atoms with van der Waals surface area (Å²) < 4.78 is 32.7. The molecule has 2 aromatic carbocycles. The van der Waals surface area contributed by atoms with Gasteiger partial charge in [-0.1, -0.05) is 12.1 Å². The standard InChI is InChI=1S/C24H26N4O4S/c1-2-32-20-11-9-18(10-12-20)27-23-22(4-3-15-25-23)24(29)26-16-17-5-13-21(14-6-17)33(30,31)28-19-7-8-19/h3-6,9-15,19,28H,2,7-8,16H2,1H3,(H,25,27)(H,26,29). The molecule has 8 nitrogen and oxygen atoms in total. The summed E-state index contributed by atoms with van der Waals surface area (Å²) in [5.74, 6) is 0.916. The summed E-state index contributed by atoms with van der Waals surface area (Å²) in [6, 6.07) is 17.3. The minimum atomic E-state index is -3.49. The van der Waals surface area contributed by atoms with Crippen LogP contribution in [0.1, 0.15) is 35.7 Å². The molecule has 1 fully saturated rings. The van der Waals surface area contributed by atoms with Crippen molar-refractivity contribution in [3.05, 3.63) is 78.0 Å². The Labute approximate surface area is 193 Å². The van der Waals surface area contributed by atoms with Crippen molar-refractivity contribution in [1.82, 2.24) is 15.0 Å². The van der Waals surface area contributed by atoms with E-state index in [1.165, 1.54) is 0 Å². The number of pyridine rings is 1. The van der Waals surface area contributed by atoms with Crippen LogP contribution in [0.15, 0.2) is 71.8 Å². The van der Waals surface area contributed by atoms with E-state index in [4.69, 9.17) is 4.74 Å². The largest absolute Gasteiger partial charge is 0.494 e. The fourth-order valence-electron chi connectivity index (χ4n) is 3.18. The molecule has 1 amide bonds. The Kier molecular flexibility index (Phi) is 6.90. The second-order valence-corrected chi connectivity index (χ2v) is 9.42. The van der Waals surface area contributed by atoms with E-state index in [9.17, 15) is 13.2 Å². The lowest BCUT2D eigenvalue weighted by atomic mass is 10.2. The lowest BCUT2D eigenvalue weighted by molar-refractivity contribution is 0.0951. The van der Waals surface area contributed by atoms with Gasteiger partial charge >= 0.3 is 0 Å². The first-order chi connectivity index (χ1) is 15.9. The summed E-state index contributed by atoms with van der Waals surface area (Å²) >= 11 is 0. The predicted molar refractivity (Wildman–Crippen MR) is 126 cm³/mol. The Hall–Kier alpha value is -3.43. The third-order valence-electron chi connectivity index (χ3n) is 5.07. The van der Waals surface area contributed by atoms with Crippen molar-refractivity contribution in [2.24, 2.45) is 0 Å². The van der Waals surface area contributed by atoms with E-state index >= 15 is 0 Å². The molecule has 0 bridgehead atoms. The number of aromatic nitrogens is 1. The number of carbonyl (C=O) groups is 1. The Morgan fingerprint density at radius 2 is 1.79 bits per heavy atom. The van der Waals surface area contributed by atoms with Gasteiger partial charge in [-0.25, -0.2) is 18.1 Å². The summed E-state index contributed by atoms with van der Waals surface area (Å²) in [5, 5.41) is 6.03. The van der Waals surface area contributed by atoms with Gasteiger partial charge in [0, 0.05) is 24.5 Å². The average Bonchev–Trinajstić information content (AvgIpc) is 3.63. The molecule has 0 spiro atoms. The van der Waals surface area contributed by atoms with Crippen LogP contribution in [-0.4, -0.2) is 32.0 Å². The zero-order valence-corrected chi connectivity index (χ0v) is 19.1. The maximum atomic E-state index is 12.8. The first-order valence-corrected chi connectivity index (χ1v) is 12.3. The monoisotopic (exact) mass is 466 g/mol. The fourth-order valence-corrected chi connectivity index (χ4v) is 4.48. The molecule has 1 saturated carbocycles. The molecule has 0 atom stereocenters. The molecule has 0 unspecified atom stereocenters. The smallest absolute Gasteiger partial charge is 0.255 e. The SMILES string of the molecule is CCOc1ccc(Nc2ncccc2C(=O)NCc2ccc(S(=O)(=O)NC3CC3)cc2)cc1. The number of hydrogen-bond acceptors (Lipinski definition) is 6. The van der Waals surface area contributed by atoms with Crippen LogP contribution in [0.2, 0.25) is 0 Å². The van der Waals surface area contributed by atoms with Gasteiger partial charge in [-0.3, -0.25) is 4.79 Å². The summed E-state index contributed by atoms with van der Waals surface area (Å²) in [5.41, 5.74) is 1.97. The van der Waals surface area contributed by atoms with Crippen molar-refractivity contribution in [3.8, 4) is 5.75 Å². The Balaban J connectivity index is 1.38. The van der Waals surface area contributed by atoms with E-state index in [1.807, 2.05) is 31.2 Å². The number of nitrogens with one attached hydrogen (secondary N) is 3. The van der Waals surface area contributed by atoms with Crippen LogP contribution in [0.3, 0.4) is 0 Å². The van der Waals surface area contributed by atoms with Crippen LogP contribution < -0.4 is 20.1 Å². The Bertz CT molecular complexity index is 1210. The molecule has 4 rings (SSSR count). The zero-order valence-electron chi connectivity index (χ0n) is 18.2. The van der Waals surface area contributed by atoms with Crippen LogP contribution in [0, 0.1) is 0 Å². The topological polar surface area (TPSA) is 109 Å². The van der Waals surface area contributed by atoms with Gasteiger partial charge < -0.3 is 15.4 Å². The lowest BCUT2D eigenvalue weighted by Crippen LogP contribution is -2.26. The Morgan fingerprint density at radius 3 is 2.45 bits per heavy atom. The highest BCUT2D eigenvalue weighted by atomic mass is 32.2. The molecule has 172 valence electrons. The fraction of sp³-hybridized carbons (Fsp3) is 0.250. The van der Waals surface area contributed by atoms with E-state index in [1.54, 1.807) is 42.6 Å². The molecular formula is C24H26N4O4S. The maximum absolute atomic E-state index is 12.8. The summed E-state index contributed by atoms with van der Waals surface area (Å²) in [6.45, 7) is 2.77. The molecule has 33 heavy (non-hydrogen) atoms. The van der Waals surface area contributed by atoms with E-state index in [2.05, 4.69) is 20.3 Å².